The first-order valence-electron chi connectivity index (χ1n) is 8.02. The molecule has 7 heteroatoms. The summed E-state index contributed by atoms with van der Waals surface area (Å²) in [6, 6.07) is 5.56. The highest BCUT2D eigenvalue weighted by Gasteiger charge is 2.28. The Labute approximate surface area is 146 Å². The van der Waals surface area contributed by atoms with E-state index in [9.17, 15) is 4.79 Å². The number of amides is 1. The van der Waals surface area contributed by atoms with E-state index in [1.807, 2.05) is 36.9 Å². The van der Waals surface area contributed by atoms with E-state index in [0.717, 1.165) is 36.7 Å². The predicted molar refractivity (Wildman–Crippen MR) is 95.2 cm³/mol. The standard InChI is InChI=1S/C17H22ClN5O/c1-12-9-13(18)3-4-14(12)21-16(24)11-23-8-5-19-10-15(23)17-20-6-7-22(17)2/h3-4,6-7,9,15,19H,5,8,10-11H2,1-2H3,(H,21,24). The smallest absolute Gasteiger partial charge is 0.238 e. The van der Waals surface area contributed by atoms with Gasteiger partial charge in [-0.2, -0.15) is 0 Å². The molecule has 0 saturated carbocycles. The summed E-state index contributed by atoms with van der Waals surface area (Å²) in [5.74, 6) is 0.944. The van der Waals surface area contributed by atoms with Gasteiger partial charge >= 0.3 is 0 Å². The molecule has 1 fully saturated rings. The summed E-state index contributed by atoms with van der Waals surface area (Å²) in [5.41, 5.74) is 1.75. The Balaban J connectivity index is 1.69. The number of nitrogens with zero attached hydrogens (tertiary/aromatic N) is 3. The molecule has 0 bridgehead atoms. The Morgan fingerprint density at radius 3 is 3.04 bits per heavy atom. The number of piperazine rings is 1. The summed E-state index contributed by atoms with van der Waals surface area (Å²) >= 11 is 5.96. The molecule has 128 valence electrons. The molecule has 0 radical (unpaired) electrons. The molecule has 1 saturated heterocycles. The molecule has 3 rings (SSSR count). The van der Waals surface area contributed by atoms with Gasteiger partial charge in [0.25, 0.3) is 0 Å². The van der Waals surface area contributed by atoms with Gasteiger partial charge in [0.15, 0.2) is 0 Å². The lowest BCUT2D eigenvalue weighted by atomic mass is 10.1. The zero-order chi connectivity index (χ0) is 17.1. The second-order valence-electron chi connectivity index (χ2n) is 6.09. The minimum atomic E-state index is -0.0264. The van der Waals surface area contributed by atoms with Crippen molar-refractivity contribution < 1.29 is 4.79 Å². The SMILES string of the molecule is Cc1cc(Cl)ccc1NC(=O)CN1CCNCC1c1nccn1C. The van der Waals surface area contributed by atoms with E-state index in [4.69, 9.17) is 11.6 Å². The average Bonchev–Trinajstić information content (AvgIpc) is 2.97. The third-order valence-corrected chi connectivity index (χ3v) is 4.56. The van der Waals surface area contributed by atoms with Gasteiger partial charge in [0.05, 0.1) is 12.6 Å². The predicted octanol–water partition coefficient (Wildman–Crippen LogP) is 1.97. The maximum Gasteiger partial charge on any atom is 0.238 e. The van der Waals surface area contributed by atoms with Crippen molar-refractivity contribution >= 4 is 23.2 Å². The van der Waals surface area contributed by atoms with Crippen molar-refractivity contribution in [2.75, 3.05) is 31.5 Å². The van der Waals surface area contributed by atoms with Crippen LogP contribution in [-0.2, 0) is 11.8 Å². The van der Waals surface area contributed by atoms with Crippen LogP contribution in [0.15, 0.2) is 30.6 Å². The van der Waals surface area contributed by atoms with Gasteiger partial charge in [-0.1, -0.05) is 11.6 Å². The maximum absolute atomic E-state index is 12.5. The van der Waals surface area contributed by atoms with Gasteiger partial charge in [-0.25, -0.2) is 4.98 Å². The normalized spacial score (nSPS) is 18.5. The minimum Gasteiger partial charge on any atom is -0.337 e. The molecule has 1 atom stereocenters. The van der Waals surface area contributed by atoms with Crippen LogP contribution in [0.4, 0.5) is 5.69 Å². The number of carbonyl (C=O) groups is 1. The van der Waals surface area contributed by atoms with E-state index in [2.05, 4.69) is 20.5 Å². The number of aryl methyl sites for hydroxylation is 2. The molecule has 1 unspecified atom stereocenters. The Morgan fingerprint density at radius 1 is 1.50 bits per heavy atom. The number of hydrogen-bond acceptors (Lipinski definition) is 4. The van der Waals surface area contributed by atoms with Crippen molar-refractivity contribution in [2.24, 2.45) is 7.05 Å². The zero-order valence-corrected chi connectivity index (χ0v) is 14.7. The average molecular weight is 348 g/mol. The summed E-state index contributed by atoms with van der Waals surface area (Å²) in [7, 11) is 1.98. The fourth-order valence-electron chi connectivity index (χ4n) is 3.03. The van der Waals surface area contributed by atoms with Crippen molar-refractivity contribution in [3.05, 3.63) is 47.0 Å². The fourth-order valence-corrected chi connectivity index (χ4v) is 3.26. The Hall–Kier alpha value is -1.89. The molecule has 1 aromatic heterocycles. The third-order valence-electron chi connectivity index (χ3n) is 4.32. The lowest BCUT2D eigenvalue weighted by molar-refractivity contribution is -0.118. The lowest BCUT2D eigenvalue weighted by Gasteiger charge is -2.35. The molecule has 1 aromatic carbocycles. The first-order valence-corrected chi connectivity index (χ1v) is 8.40. The number of imidazole rings is 1. The highest BCUT2D eigenvalue weighted by atomic mass is 35.5. The van der Waals surface area contributed by atoms with Crippen molar-refractivity contribution in [3.8, 4) is 0 Å². The Kier molecular flexibility index (Phi) is 5.18. The molecule has 2 aromatic rings. The van der Waals surface area contributed by atoms with Crippen LogP contribution in [0.3, 0.4) is 0 Å². The van der Waals surface area contributed by atoms with E-state index in [0.29, 0.717) is 11.6 Å². The van der Waals surface area contributed by atoms with Crippen LogP contribution in [0.2, 0.25) is 5.02 Å². The second kappa shape index (κ2) is 7.34. The largest absolute Gasteiger partial charge is 0.337 e. The Morgan fingerprint density at radius 2 is 2.33 bits per heavy atom. The van der Waals surface area contributed by atoms with E-state index < -0.39 is 0 Å². The highest BCUT2D eigenvalue weighted by Crippen LogP contribution is 2.22. The van der Waals surface area contributed by atoms with Gasteiger partial charge in [-0.15, -0.1) is 0 Å². The molecule has 1 aliphatic heterocycles. The van der Waals surface area contributed by atoms with Crippen LogP contribution in [0.1, 0.15) is 17.4 Å². The van der Waals surface area contributed by atoms with Crippen LogP contribution in [0.5, 0.6) is 0 Å². The third kappa shape index (κ3) is 3.77. The second-order valence-corrected chi connectivity index (χ2v) is 6.53. The highest BCUT2D eigenvalue weighted by molar-refractivity contribution is 6.30. The number of aromatic nitrogens is 2. The molecule has 1 aliphatic rings. The van der Waals surface area contributed by atoms with Gasteiger partial charge in [-0.3, -0.25) is 9.69 Å². The number of rotatable bonds is 4. The topological polar surface area (TPSA) is 62.2 Å². The molecule has 0 spiro atoms. The molecule has 6 nitrogen and oxygen atoms in total. The first-order chi connectivity index (χ1) is 11.5. The van der Waals surface area contributed by atoms with Crippen LogP contribution >= 0.6 is 11.6 Å². The van der Waals surface area contributed by atoms with Crippen molar-refractivity contribution in [1.82, 2.24) is 19.8 Å². The van der Waals surface area contributed by atoms with Gasteiger partial charge < -0.3 is 15.2 Å². The summed E-state index contributed by atoms with van der Waals surface area (Å²) in [6.45, 7) is 4.74. The van der Waals surface area contributed by atoms with Gasteiger partial charge in [0, 0.05) is 49.8 Å². The fraction of sp³-hybridized carbons (Fsp3) is 0.412. The van der Waals surface area contributed by atoms with Crippen molar-refractivity contribution in [1.29, 1.82) is 0 Å². The molecule has 2 heterocycles. The quantitative estimate of drug-likeness (QED) is 0.887. The number of anilines is 1. The monoisotopic (exact) mass is 347 g/mol. The van der Waals surface area contributed by atoms with Crippen LogP contribution in [-0.4, -0.2) is 46.5 Å². The van der Waals surface area contributed by atoms with Crippen LogP contribution in [0.25, 0.3) is 0 Å². The minimum absolute atomic E-state index is 0.0264. The van der Waals surface area contributed by atoms with E-state index >= 15 is 0 Å². The van der Waals surface area contributed by atoms with E-state index in [-0.39, 0.29) is 11.9 Å². The van der Waals surface area contributed by atoms with Gasteiger partial charge in [-0.05, 0) is 30.7 Å². The number of halogens is 1. The number of nitrogens with one attached hydrogen (secondary N) is 2. The van der Waals surface area contributed by atoms with Gasteiger partial charge in [0.2, 0.25) is 5.91 Å². The molecule has 0 aliphatic carbocycles. The number of hydrogen-bond donors (Lipinski definition) is 2. The van der Waals surface area contributed by atoms with E-state index in [1.165, 1.54) is 0 Å². The van der Waals surface area contributed by atoms with Crippen molar-refractivity contribution in [3.63, 3.8) is 0 Å². The molecular weight excluding hydrogens is 326 g/mol. The summed E-state index contributed by atoms with van der Waals surface area (Å²) in [4.78, 5) is 19.1. The Bertz CT molecular complexity index is 730. The van der Waals surface area contributed by atoms with Gasteiger partial charge in [0.1, 0.15) is 5.82 Å². The van der Waals surface area contributed by atoms with Crippen LogP contribution < -0.4 is 10.6 Å². The first kappa shape index (κ1) is 17.0. The zero-order valence-electron chi connectivity index (χ0n) is 13.9. The molecular formula is C17H22ClN5O. The lowest BCUT2D eigenvalue weighted by Crippen LogP contribution is -2.49. The maximum atomic E-state index is 12.5. The number of benzene rings is 1. The molecule has 2 N–H and O–H groups in total. The van der Waals surface area contributed by atoms with Crippen LogP contribution in [0, 0.1) is 6.92 Å². The number of carbonyl (C=O) groups excluding carboxylic acids is 1. The summed E-state index contributed by atoms with van der Waals surface area (Å²) in [5, 5.41) is 7.02. The molecule has 24 heavy (non-hydrogen) atoms. The van der Waals surface area contributed by atoms with Crippen molar-refractivity contribution in [2.45, 2.75) is 13.0 Å². The van der Waals surface area contributed by atoms with E-state index in [1.54, 1.807) is 12.3 Å². The summed E-state index contributed by atoms with van der Waals surface area (Å²) in [6.07, 6.45) is 3.72. The summed E-state index contributed by atoms with van der Waals surface area (Å²) < 4.78 is 2.01. The molecule has 1 amide bonds.